The van der Waals surface area contributed by atoms with Crippen LogP contribution in [0.15, 0.2) is 23.6 Å². The minimum atomic E-state index is 0.618. The Labute approximate surface area is 112 Å². The molecule has 3 nitrogen and oxygen atoms in total. The summed E-state index contributed by atoms with van der Waals surface area (Å²) in [6, 6.07) is 4.06. The van der Waals surface area contributed by atoms with Gasteiger partial charge in [-0.3, -0.25) is 0 Å². The zero-order chi connectivity index (χ0) is 13.0. The van der Waals surface area contributed by atoms with Crippen LogP contribution in [0.1, 0.15) is 12.0 Å². The Morgan fingerprint density at radius 1 is 1.11 bits per heavy atom. The molecule has 0 amide bonds. The van der Waals surface area contributed by atoms with Crippen LogP contribution in [0.3, 0.4) is 0 Å². The molecule has 0 saturated heterocycles. The van der Waals surface area contributed by atoms with E-state index >= 15 is 0 Å². The molecular weight excluding hydrogens is 248 g/mol. The number of ether oxygens (including phenoxy) is 3. The third kappa shape index (κ3) is 2.75. The summed E-state index contributed by atoms with van der Waals surface area (Å²) in [6.07, 6.45) is 4.35. The maximum Gasteiger partial charge on any atom is 0.203 e. The highest BCUT2D eigenvalue weighted by Gasteiger charge is 2.17. The van der Waals surface area contributed by atoms with Gasteiger partial charge in [0.05, 0.1) is 21.3 Å². The summed E-state index contributed by atoms with van der Waals surface area (Å²) < 4.78 is 16.0. The summed E-state index contributed by atoms with van der Waals surface area (Å²) in [4.78, 5) is 0. The number of hydrogen-bond donors (Lipinski definition) is 0. The highest BCUT2D eigenvalue weighted by atomic mass is 32.2. The zero-order valence-corrected chi connectivity index (χ0v) is 11.8. The predicted octanol–water partition coefficient (Wildman–Crippen LogP) is 3.27. The summed E-state index contributed by atoms with van der Waals surface area (Å²) in [7, 11) is 4.91. The molecule has 4 heteroatoms. The zero-order valence-electron chi connectivity index (χ0n) is 10.9. The highest BCUT2D eigenvalue weighted by molar-refractivity contribution is 8.03. The fraction of sp³-hybridized carbons (Fsp3) is 0.429. The number of rotatable bonds is 5. The van der Waals surface area contributed by atoms with Gasteiger partial charge in [-0.15, -0.1) is 11.8 Å². The minimum absolute atomic E-state index is 0.618. The Balaban J connectivity index is 2.24. The van der Waals surface area contributed by atoms with E-state index in [9.17, 15) is 0 Å². The van der Waals surface area contributed by atoms with Gasteiger partial charge in [0.1, 0.15) is 0 Å². The second kappa shape index (κ2) is 6.05. The molecule has 1 aromatic carbocycles. The van der Waals surface area contributed by atoms with Crippen LogP contribution in [0.25, 0.3) is 0 Å². The van der Waals surface area contributed by atoms with Crippen molar-refractivity contribution in [3.8, 4) is 17.2 Å². The quantitative estimate of drug-likeness (QED) is 0.817. The van der Waals surface area contributed by atoms with E-state index in [2.05, 4.69) is 11.5 Å². The molecule has 0 saturated carbocycles. The molecule has 1 aromatic rings. The van der Waals surface area contributed by atoms with Gasteiger partial charge in [0.2, 0.25) is 5.75 Å². The van der Waals surface area contributed by atoms with Crippen LogP contribution in [0.2, 0.25) is 0 Å². The topological polar surface area (TPSA) is 27.7 Å². The van der Waals surface area contributed by atoms with E-state index in [0.717, 1.165) is 24.3 Å². The van der Waals surface area contributed by atoms with Crippen molar-refractivity contribution in [1.29, 1.82) is 0 Å². The smallest absolute Gasteiger partial charge is 0.203 e. The molecule has 0 aliphatic carbocycles. The molecule has 0 bridgehead atoms. The Morgan fingerprint density at radius 2 is 1.78 bits per heavy atom. The molecule has 0 spiro atoms. The first-order chi connectivity index (χ1) is 8.78. The number of methoxy groups -OCH3 is 3. The number of benzene rings is 1. The lowest BCUT2D eigenvalue weighted by Gasteiger charge is -2.15. The van der Waals surface area contributed by atoms with Gasteiger partial charge >= 0.3 is 0 Å². The van der Waals surface area contributed by atoms with E-state index in [-0.39, 0.29) is 0 Å². The van der Waals surface area contributed by atoms with Crippen molar-refractivity contribution in [3.63, 3.8) is 0 Å². The van der Waals surface area contributed by atoms with Crippen molar-refractivity contribution in [3.05, 3.63) is 29.2 Å². The van der Waals surface area contributed by atoms with Crippen molar-refractivity contribution in [1.82, 2.24) is 0 Å². The molecule has 2 rings (SSSR count). The molecule has 1 atom stereocenters. The predicted molar refractivity (Wildman–Crippen MR) is 74.9 cm³/mol. The number of allylic oxidation sites excluding steroid dienone is 1. The van der Waals surface area contributed by atoms with Gasteiger partial charge in [0, 0.05) is 5.25 Å². The molecule has 0 radical (unpaired) electrons. The van der Waals surface area contributed by atoms with Crippen LogP contribution in [-0.2, 0) is 6.42 Å². The average Bonchev–Trinajstić information content (AvgIpc) is 2.90. The fourth-order valence-electron chi connectivity index (χ4n) is 2.08. The monoisotopic (exact) mass is 266 g/mol. The lowest BCUT2D eigenvalue weighted by molar-refractivity contribution is 0.324. The van der Waals surface area contributed by atoms with Crippen LogP contribution < -0.4 is 14.2 Å². The molecule has 18 heavy (non-hydrogen) atoms. The number of thioether (sulfide) groups is 1. The van der Waals surface area contributed by atoms with E-state index < -0.39 is 0 Å². The first kappa shape index (κ1) is 13.1. The van der Waals surface area contributed by atoms with Crippen molar-refractivity contribution in [2.75, 3.05) is 21.3 Å². The van der Waals surface area contributed by atoms with Crippen LogP contribution >= 0.6 is 11.8 Å². The molecular formula is C14H18O3S. The maximum atomic E-state index is 5.36. The van der Waals surface area contributed by atoms with Crippen molar-refractivity contribution in [2.45, 2.75) is 18.1 Å². The second-order valence-electron chi connectivity index (χ2n) is 4.10. The van der Waals surface area contributed by atoms with Crippen molar-refractivity contribution in [2.24, 2.45) is 0 Å². The van der Waals surface area contributed by atoms with Crippen molar-refractivity contribution >= 4 is 11.8 Å². The summed E-state index contributed by atoms with van der Waals surface area (Å²) in [6.45, 7) is 0. The average molecular weight is 266 g/mol. The summed E-state index contributed by atoms with van der Waals surface area (Å²) >= 11 is 1.88. The lowest BCUT2D eigenvalue weighted by atomic mass is 10.1. The van der Waals surface area contributed by atoms with E-state index in [4.69, 9.17) is 14.2 Å². The van der Waals surface area contributed by atoms with Crippen LogP contribution in [0.5, 0.6) is 17.2 Å². The van der Waals surface area contributed by atoms with Crippen molar-refractivity contribution < 1.29 is 14.2 Å². The summed E-state index contributed by atoms with van der Waals surface area (Å²) in [5, 5.41) is 2.79. The summed E-state index contributed by atoms with van der Waals surface area (Å²) in [5.41, 5.74) is 1.21. The van der Waals surface area contributed by atoms with Gasteiger partial charge in [-0.05, 0) is 35.9 Å². The fourth-order valence-corrected chi connectivity index (χ4v) is 3.03. The van der Waals surface area contributed by atoms with Gasteiger partial charge in [0.25, 0.3) is 0 Å². The Hall–Kier alpha value is -1.29. The van der Waals surface area contributed by atoms with Crippen LogP contribution in [0, 0.1) is 0 Å². The van der Waals surface area contributed by atoms with Gasteiger partial charge in [-0.25, -0.2) is 0 Å². The molecule has 1 unspecified atom stereocenters. The Bertz CT molecular complexity index is 410. The second-order valence-corrected chi connectivity index (χ2v) is 5.31. The molecule has 1 heterocycles. The first-order valence-corrected chi connectivity index (χ1v) is 6.82. The van der Waals surface area contributed by atoms with Gasteiger partial charge in [-0.2, -0.15) is 0 Å². The van der Waals surface area contributed by atoms with Crippen LogP contribution in [-0.4, -0.2) is 26.6 Å². The molecule has 98 valence electrons. The van der Waals surface area contributed by atoms with Gasteiger partial charge in [0.15, 0.2) is 11.5 Å². The normalized spacial score (nSPS) is 17.8. The molecule has 0 fully saturated rings. The first-order valence-electron chi connectivity index (χ1n) is 5.87. The number of hydrogen-bond acceptors (Lipinski definition) is 4. The van der Waals surface area contributed by atoms with Gasteiger partial charge < -0.3 is 14.2 Å². The standard InChI is InChI=1S/C14H18O3S/c1-15-12-8-10(7-11-5-4-6-18-11)9-13(16-2)14(12)17-3/h4,6,8-9,11H,5,7H2,1-3H3. The van der Waals surface area contributed by atoms with E-state index in [0.29, 0.717) is 11.0 Å². The Kier molecular flexibility index (Phi) is 4.42. The third-order valence-electron chi connectivity index (χ3n) is 2.95. The van der Waals surface area contributed by atoms with Gasteiger partial charge in [-0.1, -0.05) is 6.08 Å². The van der Waals surface area contributed by atoms with E-state index in [1.54, 1.807) is 21.3 Å². The maximum absolute atomic E-state index is 5.36. The minimum Gasteiger partial charge on any atom is -0.493 e. The largest absolute Gasteiger partial charge is 0.493 e. The van der Waals surface area contributed by atoms with E-state index in [1.165, 1.54) is 5.56 Å². The third-order valence-corrected chi connectivity index (χ3v) is 4.05. The molecule has 0 aromatic heterocycles. The SMILES string of the molecule is COc1cc(CC2CC=CS2)cc(OC)c1OC. The lowest BCUT2D eigenvalue weighted by Crippen LogP contribution is -2.04. The van der Waals surface area contributed by atoms with Crippen LogP contribution in [0.4, 0.5) is 0 Å². The molecule has 1 aliphatic rings. The summed E-state index contributed by atoms with van der Waals surface area (Å²) in [5.74, 6) is 2.10. The van der Waals surface area contributed by atoms with E-state index in [1.807, 2.05) is 23.9 Å². The molecule has 1 aliphatic heterocycles. The highest BCUT2D eigenvalue weighted by Crippen LogP contribution is 2.39. The Morgan fingerprint density at radius 3 is 2.22 bits per heavy atom. The molecule has 0 N–H and O–H groups in total.